The van der Waals surface area contributed by atoms with Crippen molar-refractivity contribution in [2.45, 2.75) is 49.8 Å². The Balaban J connectivity index is 1.39. The second kappa shape index (κ2) is 4.83. The Bertz CT molecular complexity index is 639. The van der Waals surface area contributed by atoms with E-state index in [1.165, 1.54) is 38.2 Å². The molecule has 4 rings (SSSR count). The molecule has 1 aromatic heterocycles. The highest BCUT2D eigenvalue weighted by molar-refractivity contribution is 7.89. The van der Waals surface area contributed by atoms with Gasteiger partial charge in [-0.2, -0.15) is 0 Å². The first-order chi connectivity index (χ1) is 10.0. The number of rotatable bonds is 4. The van der Waals surface area contributed by atoms with Crippen molar-refractivity contribution < 1.29 is 12.8 Å². The summed E-state index contributed by atoms with van der Waals surface area (Å²) >= 11 is 0. The molecule has 0 radical (unpaired) electrons. The predicted molar refractivity (Wildman–Crippen MR) is 77.8 cm³/mol. The first kappa shape index (κ1) is 13.8. The number of nitrogens with one attached hydrogen (secondary N) is 1. The molecule has 3 N–H and O–H groups in total. The van der Waals surface area contributed by atoms with Gasteiger partial charge in [0, 0.05) is 6.04 Å². The lowest BCUT2D eigenvalue weighted by Gasteiger charge is -2.32. The molecule has 2 bridgehead atoms. The van der Waals surface area contributed by atoms with E-state index in [1.807, 2.05) is 0 Å². The highest BCUT2D eigenvalue weighted by Gasteiger charge is 2.53. The highest BCUT2D eigenvalue weighted by atomic mass is 32.2. The van der Waals surface area contributed by atoms with Gasteiger partial charge in [-0.1, -0.05) is 6.42 Å². The number of hydrogen-bond donors (Lipinski definition) is 2. The van der Waals surface area contributed by atoms with Crippen molar-refractivity contribution in [2.24, 2.45) is 28.8 Å². The number of primary sulfonamides is 1. The number of sulfonamides is 1. The normalized spacial score (nSPS) is 38.0. The van der Waals surface area contributed by atoms with Gasteiger partial charge < -0.3 is 9.73 Å². The lowest BCUT2D eigenvalue weighted by molar-refractivity contribution is 0.204. The van der Waals surface area contributed by atoms with Gasteiger partial charge in [-0.05, 0) is 61.5 Å². The summed E-state index contributed by atoms with van der Waals surface area (Å²) in [6.07, 6.45) is 6.90. The Hall–Kier alpha value is -0.850. The van der Waals surface area contributed by atoms with Crippen LogP contribution in [0.4, 0.5) is 0 Å². The minimum atomic E-state index is -3.73. The van der Waals surface area contributed by atoms with Crippen LogP contribution in [0.2, 0.25) is 0 Å². The fourth-order valence-electron chi connectivity index (χ4n) is 5.14. The molecule has 3 aliphatic rings. The summed E-state index contributed by atoms with van der Waals surface area (Å²) in [5.74, 6) is 4.29. The van der Waals surface area contributed by atoms with Crippen molar-refractivity contribution in [3.8, 4) is 0 Å². The first-order valence-corrected chi connectivity index (χ1v) is 9.42. The van der Waals surface area contributed by atoms with E-state index in [0.717, 1.165) is 23.7 Å². The minimum Gasteiger partial charge on any atom is -0.447 e. The van der Waals surface area contributed by atoms with Crippen molar-refractivity contribution in [3.05, 3.63) is 17.9 Å². The van der Waals surface area contributed by atoms with Crippen LogP contribution in [-0.4, -0.2) is 14.5 Å². The number of nitrogens with two attached hydrogens (primary N) is 1. The van der Waals surface area contributed by atoms with Crippen LogP contribution in [0.5, 0.6) is 0 Å². The third-order valence-corrected chi connectivity index (χ3v) is 6.66. The molecule has 0 aliphatic heterocycles. The van der Waals surface area contributed by atoms with E-state index in [1.54, 1.807) is 6.07 Å². The SMILES string of the molecule is NS(=O)(=O)c1ccc(CNC2CC3CC2C2CCCC32)o1. The van der Waals surface area contributed by atoms with Crippen LogP contribution in [0.25, 0.3) is 0 Å². The van der Waals surface area contributed by atoms with Gasteiger partial charge in [-0.25, -0.2) is 13.6 Å². The van der Waals surface area contributed by atoms with Crippen LogP contribution in [0.1, 0.15) is 37.9 Å². The number of hydrogen-bond acceptors (Lipinski definition) is 4. The Labute approximate surface area is 125 Å². The zero-order valence-corrected chi connectivity index (χ0v) is 12.8. The second-order valence-electron chi connectivity index (χ2n) is 6.91. The quantitative estimate of drug-likeness (QED) is 0.888. The summed E-state index contributed by atoms with van der Waals surface area (Å²) in [5.41, 5.74) is 0. The van der Waals surface area contributed by atoms with E-state index in [4.69, 9.17) is 9.56 Å². The third kappa shape index (κ3) is 2.33. The van der Waals surface area contributed by atoms with E-state index < -0.39 is 10.0 Å². The molecule has 0 amide bonds. The van der Waals surface area contributed by atoms with Crippen LogP contribution in [0.3, 0.4) is 0 Å². The molecule has 5 atom stereocenters. The zero-order chi connectivity index (χ0) is 14.6. The summed E-state index contributed by atoms with van der Waals surface area (Å²) in [5, 5.41) is 8.48. The first-order valence-electron chi connectivity index (χ1n) is 7.87. The van der Waals surface area contributed by atoms with E-state index in [0.29, 0.717) is 18.3 Å². The van der Waals surface area contributed by atoms with Gasteiger partial charge in [-0.15, -0.1) is 0 Å². The minimum absolute atomic E-state index is 0.150. The topological polar surface area (TPSA) is 85.3 Å². The predicted octanol–water partition coefficient (Wildman–Crippen LogP) is 1.84. The number of furan rings is 1. The molecule has 0 saturated heterocycles. The Morgan fingerprint density at radius 1 is 1.19 bits per heavy atom. The fraction of sp³-hybridized carbons (Fsp3) is 0.733. The van der Waals surface area contributed by atoms with Crippen molar-refractivity contribution in [1.29, 1.82) is 0 Å². The van der Waals surface area contributed by atoms with Crippen LogP contribution in [0, 0.1) is 23.7 Å². The van der Waals surface area contributed by atoms with Gasteiger partial charge in [-0.3, -0.25) is 0 Å². The standard InChI is InChI=1S/C15H22N2O3S/c16-21(18,19)15-5-4-10(20-15)8-17-14-7-9-6-13(14)12-3-1-2-11(9)12/h4-5,9,11-14,17H,1-3,6-8H2,(H2,16,18,19). The summed E-state index contributed by atoms with van der Waals surface area (Å²) in [6.45, 7) is 0.584. The number of fused-ring (bicyclic) bond motifs is 5. The van der Waals surface area contributed by atoms with Crippen LogP contribution in [-0.2, 0) is 16.6 Å². The molecule has 3 fully saturated rings. The summed E-state index contributed by atoms with van der Waals surface area (Å²) < 4.78 is 27.7. The molecular weight excluding hydrogens is 288 g/mol. The molecule has 1 aromatic rings. The van der Waals surface area contributed by atoms with Gasteiger partial charge in [0.15, 0.2) is 0 Å². The average Bonchev–Trinajstić information content (AvgIpc) is 3.16. The highest BCUT2D eigenvalue weighted by Crippen LogP contribution is 2.58. The van der Waals surface area contributed by atoms with E-state index in [9.17, 15) is 8.42 Å². The molecule has 21 heavy (non-hydrogen) atoms. The van der Waals surface area contributed by atoms with Crippen LogP contribution in [0.15, 0.2) is 21.6 Å². The maximum Gasteiger partial charge on any atom is 0.271 e. The smallest absolute Gasteiger partial charge is 0.271 e. The summed E-state index contributed by atoms with van der Waals surface area (Å²) in [6, 6.07) is 3.69. The molecule has 5 nitrogen and oxygen atoms in total. The molecule has 3 aliphatic carbocycles. The Morgan fingerprint density at radius 2 is 2.00 bits per heavy atom. The summed E-state index contributed by atoms with van der Waals surface area (Å²) in [4.78, 5) is 0. The maximum atomic E-state index is 11.2. The van der Waals surface area contributed by atoms with E-state index in [2.05, 4.69) is 5.32 Å². The molecular formula is C15H22N2O3S. The maximum absolute atomic E-state index is 11.2. The Morgan fingerprint density at radius 3 is 2.76 bits per heavy atom. The molecule has 6 heteroatoms. The largest absolute Gasteiger partial charge is 0.447 e. The molecule has 1 heterocycles. The average molecular weight is 310 g/mol. The van der Waals surface area contributed by atoms with Gasteiger partial charge in [0.1, 0.15) is 5.76 Å². The molecule has 5 unspecified atom stereocenters. The van der Waals surface area contributed by atoms with Crippen molar-refractivity contribution in [1.82, 2.24) is 5.32 Å². The monoisotopic (exact) mass is 310 g/mol. The van der Waals surface area contributed by atoms with Gasteiger partial charge in [0.25, 0.3) is 10.0 Å². The van der Waals surface area contributed by atoms with Crippen molar-refractivity contribution in [3.63, 3.8) is 0 Å². The fourth-order valence-corrected chi connectivity index (χ4v) is 5.62. The second-order valence-corrected chi connectivity index (χ2v) is 8.40. The lowest BCUT2D eigenvalue weighted by Crippen LogP contribution is -2.38. The third-order valence-electron chi connectivity index (χ3n) is 5.88. The Kier molecular flexibility index (Phi) is 3.17. The van der Waals surface area contributed by atoms with E-state index in [-0.39, 0.29) is 5.09 Å². The molecule has 0 aromatic carbocycles. The van der Waals surface area contributed by atoms with Crippen LogP contribution < -0.4 is 10.5 Å². The van der Waals surface area contributed by atoms with Crippen molar-refractivity contribution in [2.75, 3.05) is 0 Å². The van der Waals surface area contributed by atoms with Gasteiger partial charge in [0.2, 0.25) is 5.09 Å². The van der Waals surface area contributed by atoms with Gasteiger partial charge >= 0.3 is 0 Å². The molecule has 116 valence electrons. The molecule has 3 saturated carbocycles. The van der Waals surface area contributed by atoms with E-state index >= 15 is 0 Å². The van der Waals surface area contributed by atoms with Gasteiger partial charge in [0.05, 0.1) is 6.54 Å². The van der Waals surface area contributed by atoms with Crippen molar-refractivity contribution >= 4 is 10.0 Å². The summed E-state index contributed by atoms with van der Waals surface area (Å²) in [7, 11) is -3.73. The van der Waals surface area contributed by atoms with Crippen LogP contribution >= 0.6 is 0 Å². The molecule has 0 spiro atoms. The zero-order valence-electron chi connectivity index (χ0n) is 12.0. The lowest BCUT2D eigenvalue weighted by atomic mass is 9.79.